The number of ether oxygens (including phenoxy) is 1. The van der Waals surface area contributed by atoms with E-state index < -0.39 is 35.5 Å². The van der Waals surface area contributed by atoms with Gasteiger partial charge in [0, 0.05) is 6.07 Å². The van der Waals surface area contributed by atoms with Crippen LogP contribution in [0.2, 0.25) is 0 Å². The van der Waals surface area contributed by atoms with Crippen LogP contribution >= 0.6 is 22.6 Å². The summed E-state index contributed by atoms with van der Waals surface area (Å²) in [4.78, 5) is 13.7. The van der Waals surface area contributed by atoms with Crippen molar-refractivity contribution in [2.45, 2.75) is 12.5 Å². The molecule has 0 spiro atoms. The molecule has 0 amide bonds. The molecule has 0 fully saturated rings. The quantitative estimate of drug-likeness (QED) is 0.470. The van der Waals surface area contributed by atoms with E-state index in [2.05, 4.69) is 9.72 Å². The molecule has 0 saturated heterocycles. The second-order valence-electron chi connectivity index (χ2n) is 3.02. The predicted octanol–water partition coefficient (Wildman–Crippen LogP) is 3.30. The molecule has 0 aromatic carbocycles. The van der Waals surface area contributed by atoms with Gasteiger partial charge in [0.15, 0.2) is 5.69 Å². The average Bonchev–Trinajstić information content (AvgIpc) is 2.10. The number of carboxylic acids is 1. The highest BCUT2D eigenvalue weighted by Crippen LogP contribution is 2.40. The van der Waals surface area contributed by atoms with Gasteiger partial charge in [0.1, 0.15) is 15.0 Å². The number of halogens is 7. The smallest absolute Gasteiger partial charge is 0.476 e. The van der Waals surface area contributed by atoms with Crippen molar-refractivity contribution < 1.29 is 41.0 Å². The number of hydrogen-bond acceptors (Lipinski definition) is 3. The minimum Gasteiger partial charge on any atom is -0.476 e. The molecule has 1 N–H and O–H groups in total. The van der Waals surface area contributed by atoms with Crippen molar-refractivity contribution in [1.82, 2.24) is 4.98 Å². The van der Waals surface area contributed by atoms with Crippen LogP contribution < -0.4 is 4.74 Å². The van der Waals surface area contributed by atoms with Crippen LogP contribution in [0.1, 0.15) is 16.1 Å². The van der Waals surface area contributed by atoms with E-state index in [-0.39, 0.29) is 3.70 Å². The van der Waals surface area contributed by atoms with Gasteiger partial charge < -0.3 is 9.84 Å². The van der Waals surface area contributed by atoms with Gasteiger partial charge in [-0.15, -0.1) is 13.2 Å². The molecule has 1 heterocycles. The van der Waals surface area contributed by atoms with Gasteiger partial charge in [-0.2, -0.15) is 13.2 Å². The van der Waals surface area contributed by atoms with Gasteiger partial charge in [0.25, 0.3) is 0 Å². The van der Waals surface area contributed by atoms with E-state index in [1.54, 1.807) is 0 Å². The summed E-state index contributed by atoms with van der Waals surface area (Å²) in [5.41, 5.74) is -3.64. The summed E-state index contributed by atoms with van der Waals surface area (Å²) in [6.45, 7) is 0. The first-order valence-electron chi connectivity index (χ1n) is 4.18. The number of rotatable bonds is 2. The van der Waals surface area contributed by atoms with E-state index >= 15 is 0 Å². The van der Waals surface area contributed by atoms with Gasteiger partial charge in [0.2, 0.25) is 0 Å². The third-order valence-corrected chi connectivity index (χ3v) is 2.22. The standard InChI is InChI=1S/C8H2F6INO3/c9-7(10,11)4-2(19-8(12,13)14)1-3(15)16-5(4)6(17)18/h1H,(H,17,18). The van der Waals surface area contributed by atoms with Gasteiger partial charge in [-0.3, -0.25) is 0 Å². The molecule has 0 bridgehead atoms. The molecule has 0 saturated carbocycles. The molecule has 0 aliphatic rings. The lowest BCUT2D eigenvalue weighted by Gasteiger charge is -2.16. The van der Waals surface area contributed by atoms with E-state index in [4.69, 9.17) is 5.11 Å². The van der Waals surface area contributed by atoms with Gasteiger partial charge in [-0.05, 0) is 22.6 Å². The Bertz CT molecular complexity index is 512. The number of aromatic nitrogens is 1. The van der Waals surface area contributed by atoms with E-state index in [1.807, 2.05) is 0 Å². The highest BCUT2D eigenvalue weighted by molar-refractivity contribution is 14.1. The van der Waals surface area contributed by atoms with Crippen molar-refractivity contribution in [2.24, 2.45) is 0 Å². The molecule has 0 atom stereocenters. The zero-order valence-electron chi connectivity index (χ0n) is 8.43. The zero-order valence-corrected chi connectivity index (χ0v) is 10.6. The number of pyridine rings is 1. The van der Waals surface area contributed by atoms with Crippen LogP contribution in [0.25, 0.3) is 0 Å². The largest absolute Gasteiger partial charge is 0.573 e. The molecule has 11 heteroatoms. The molecule has 4 nitrogen and oxygen atoms in total. The lowest BCUT2D eigenvalue weighted by molar-refractivity contribution is -0.276. The van der Waals surface area contributed by atoms with Gasteiger partial charge >= 0.3 is 18.5 Å². The Kier molecular flexibility index (Phi) is 4.17. The molecule has 0 unspecified atom stereocenters. The van der Waals surface area contributed by atoms with Crippen molar-refractivity contribution >= 4 is 28.6 Å². The Hall–Kier alpha value is -1.27. The maximum Gasteiger partial charge on any atom is 0.573 e. The van der Waals surface area contributed by atoms with Gasteiger partial charge in [0.05, 0.1) is 0 Å². The SMILES string of the molecule is O=C(O)c1nc(I)cc(OC(F)(F)F)c1C(F)(F)F. The first kappa shape index (κ1) is 15.8. The van der Waals surface area contributed by atoms with E-state index in [0.717, 1.165) is 0 Å². The molecule has 1 aromatic heterocycles. The number of aromatic carboxylic acids is 1. The molecule has 0 aliphatic carbocycles. The minimum absolute atomic E-state index is 0.351. The molecule has 106 valence electrons. The summed E-state index contributed by atoms with van der Waals surface area (Å²) in [5, 5.41) is 8.57. The van der Waals surface area contributed by atoms with Crippen LogP contribution in [0.4, 0.5) is 26.3 Å². The van der Waals surface area contributed by atoms with E-state index in [0.29, 0.717) is 6.07 Å². The van der Waals surface area contributed by atoms with Crippen LogP contribution in [-0.4, -0.2) is 22.4 Å². The molecule has 0 aliphatic heterocycles. The van der Waals surface area contributed by atoms with Crippen molar-refractivity contribution in [1.29, 1.82) is 0 Å². The Balaban J connectivity index is 3.56. The van der Waals surface area contributed by atoms with Crippen LogP contribution in [-0.2, 0) is 6.18 Å². The second-order valence-corrected chi connectivity index (χ2v) is 4.12. The summed E-state index contributed by atoms with van der Waals surface area (Å²) in [7, 11) is 0. The Morgan fingerprint density at radius 1 is 1.26 bits per heavy atom. The lowest BCUT2D eigenvalue weighted by atomic mass is 10.1. The summed E-state index contributed by atoms with van der Waals surface area (Å²) in [6, 6.07) is 0.351. The number of alkyl halides is 6. The third-order valence-electron chi connectivity index (χ3n) is 1.66. The Labute approximate surface area is 114 Å². The van der Waals surface area contributed by atoms with Crippen LogP contribution in [0, 0.1) is 3.70 Å². The maximum absolute atomic E-state index is 12.6. The fourth-order valence-electron chi connectivity index (χ4n) is 1.13. The monoisotopic (exact) mass is 401 g/mol. The summed E-state index contributed by atoms with van der Waals surface area (Å²) in [5.74, 6) is -3.77. The minimum atomic E-state index is -5.39. The van der Waals surface area contributed by atoms with Crippen molar-refractivity contribution in [2.75, 3.05) is 0 Å². The summed E-state index contributed by atoms with van der Waals surface area (Å²) in [6.07, 6.45) is -10.7. The van der Waals surface area contributed by atoms with Crippen molar-refractivity contribution in [3.8, 4) is 5.75 Å². The number of carboxylic acid groups (broad SMARTS) is 1. The Morgan fingerprint density at radius 3 is 2.16 bits per heavy atom. The normalized spacial score (nSPS) is 12.4. The topological polar surface area (TPSA) is 59.4 Å². The first-order valence-corrected chi connectivity index (χ1v) is 5.26. The second kappa shape index (κ2) is 5.02. The zero-order chi connectivity index (χ0) is 15.0. The third kappa shape index (κ3) is 4.11. The lowest BCUT2D eigenvalue weighted by Crippen LogP contribution is -2.23. The van der Waals surface area contributed by atoms with E-state index in [1.165, 1.54) is 22.6 Å². The fourth-order valence-corrected chi connectivity index (χ4v) is 1.65. The van der Waals surface area contributed by atoms with Crippen LogP contribution in [0.15, 0.2) is 6.07 Å². The summed E-state index contributed by atoms with van der Waals surface area (Å²) < 4.78 is 76.7. The molecule has 0 radical (unpaired) electrons. The predicted molar refractivity (Wildman–Crippen MR) is 55.6 cm³/mol. The molecular weight excluding hydrogens is 399 g/mol. The van der Waals surface area contributed by atoms with Gasteiger partial charge in [-0.1, -0.05) is 0 Å². The van der Waals surface area contributed by atoms with E-state index in [9.17, 15) is 31.1 Å². The summed E-state index contributed by atoms with van der Waals surface area (Å²) >= 11 is 1.27. The fraction of sp³-hybridized carbons (Fsp3) is 0.250. The van der Waals surface area contributed by atoms with Crippen molar-refractivity contribution in [3.05, 3.63) is 21.0 Å². The highest BCUT2D eigenvalue weighted by Gasteiger charge is 2.43. The van der Waals surface area contributed by atoms with Crippen LogP contribution in [0.5, 0.6) is 5.75 Å². The molecule has 19 heavy (non-hydrogen) atoms. The number of carbonyl (C=O) groups is 1. The highest BCUT2D eigenvalue weighted by atomic mass is 127. The number of nitrogens with zero attached hydrogens (tertiary/aromatic N) is 1. The molecule has 1 rings (SSSR count). The average molecular weight is 401 g/mol. The molecule has 1 aromatic rings. The van der Waals surface area contributed by atoms with Gasteiger partial charge in [-0.25, -0.2) is 9.78 Å². The Morgan fingerprint density at radius 2 is 1.79 bits per heavy atom. The van der Waals surface area contributed by atoms with Crippen LogP contribution in [0.3, 0.4) is 0 Å². The number of hydrogen-bond donors (Lipinski definition) is 1. The molecular formula is C8H2F6INO3. The van der Waals surface area contributed by atoms with Crippen molar-refractivity contribution in [3.63, 3.8) is 0 Å². The maximum atomic E-state index is 12.6. The first-order chi connectivity index (χ1) is 8.42.